The third-order valence-electron chi connectivity index (χ3n) is 6.79. The van der Waals surface area contributed by atoms with E-state index in [4.69, 9.17) is 23.7 Å². The molecule has 2 heterocycles. The van der Waals surface area contributed by atoms with E-state index in [1.165, 1.54) is 4.90 Å². The molecule has 1 aliphatic carbocycles. The van der Waals surface area contributed by atoms with Gasteiger partial charge in [-0.15, -0.1) is 6.58 Å². The van der Waals surface area contributed by atoms with Crippen molar-refractivity contribution in [3.63, 3.8) is 0 Å². The molecule has 194 valence electrons. The topological polar surface area (TPSA) is 104 Å². The number of nitrogens with zero attached hydrogens (tertiary/aromatic N) is 1. The van der Waals surface area contributed by atoms with E-state index in [-0.39, 0.29) is 6.61 Å². The predicted molar refractivity (Wildman–Crippen MR) is 124 cm³/mol. The van der Waals surface area contributed by atoms with E-state index in [0.717, 1.165) is 0 Å². The Morgan fingerprint density at radius 1 is 1.18 bits per heavy atom. The van der Waals surface area contributed by atoms with E-state index in [9.17, 15) is 14.7 Å². The minimum Gasteiger partial charge on any atom is -0.451 e. The minimum absolute atomic E-state index is 0.0935. The molecule has 34 heavy (non-hydrogen) atoms. The highest BCUT2D eigenvalue weighted by molar-refractivity contribution is 5.85. The number of aliphatic hydroxyl groups excluding tert-OH is 1. The number of carbonyl (C=O) groups is 2. The molecule has 1 saturated carbocycles. The van der Waals surface area contributed by atoms with Gasteiger partial charge in [0.15, 0.2) is 17.7 Å². The lowest BCUT2D eigenvalue weighted by atomic mass is 9.63. The Balaban J connectivity index is 2.14. The lowest BCUT2D eigenvalue weighted by Gasteiger charge is -2.52. The van der Waals surface area contributed by atoms with Gasteiger partial charge in [0.2, 0.25) is 0 Å². The zero-order valence-corrected chi connectivity index (χ0v) is 21.9. The summed E-state index contributed by atoms with van der Waals surface area (Å²) in [6, 6.07) is 0. The van der Waals surface area contributed by atoms with Gasteiger partial charge in [-0.2, -0.15) is 0 Å². The molecule has 3 rings (SSSR count). The van der Waals surface area contributed by atoms with Crippen molar-refractivity contribution < 1.29 is 38.4 Å². The van der Waals surface area contributed by atoms with Gasteiger partial charge in [-0.3, -0.25) is 9.59 Å². The first-order chi connectivity index (χ1) is 15.5. The number of esters is 1. The number of likely N-dealkylation sites (N-methyl/N-ethyl adjacent to an activating group) is 1. The van der Waals surface area contributed by atoms with E-state index >= 15 is 0 Å². The van der Waals surface area contributed by atoms with Crippen LogP contribution in [0.4, 0.5) is 0 Å². The van der Waals surface area contributed by atoms with Crippen LogP contribution in [0.25, 0.3) is 0 Å². The highest BCUT2D eigenvalue weighted by Gasteiger charge is 2.70. The molecule has 1 spiro atoms. The molecule has 0 aromatic heterocycles. The molecule has 1 amide bonds. The first-order valence-electron chi connectivity index (χ1n) is 11.9. The summed E-state index contributed by atoms with van der Waals surface area (Å²) in [5.41, 5.74) is -2.04. The summed E-state index contributed by atoms with van der Waals surface area (Å²) >= 11 is 0. The van der Waals surface area contributed by atoms with Crippen LogP contribution in [0, 0.1) is 17.3 Å². The van der Waals surface area contributed by atoms with Gasteiger partial charge in [-0.05, 0) is 54.9 Å². The van der Waals surface area contributed by atoms with E-state index in [1.54, 1.807) is 68.6 Å². The van der Waals surface area contributed by atoms with Crippen LogP contribution in [0.5, 0.6) is 0 Å². The number of hydrogen-bond donors (Lipinski definition) is 1. The molecule has 2 aliphatic heterocycles. The monoisotopic (exact) mass is 483 g/mol. The standard InChI is InChI=1S/C25H41NO8/c1-11-12-14-15(17(20(28)26(9)10)31-21(29)22(2,3)4)16-19(33-24(7,8)32-16)25(18(14)27)13-30-23(5,6)34-25/h11,14-19,27H,1,12-13H2,2-10H3/t14-,15+,16+,17+,18-,19+,25+/m1/s1. The average Bonchev–Trinajstić information content (AvgIpc) is 3.20. The Hall–Kier alpha value is -1.52. The molecule has 9 heteroatoms. The number of aliphatic hydroxyl groups is 1. The molecule has 3 fully saturated rings. The molecule has 1 N–H and O–H groups in total. The molecule has 0 aromatic rings. The van der Waals surface area contributed by atoms with Crippen LogP contribution in [0.3, 0.4) is 0 Å². The summed E-state index contributed by atoms with van der Waals surface area (Å²) < 4.78 is 30.8. The molecule has 0 radical (unpaired) electrons. The molecule has 2 saturated heterocycles. The zero-order chi connectivity index (χ0) is 25.9. The van der Waals surface area contributed by atoms with Crippen molar-refractivity contribution in [2.75, 3.05) is 20.7 Å². The number of rotatable bonds is 5. The fraction of sp³-hybridized carbons (Fsp3) is 0.840. The molecule has 0 bridgehead atoms. The van der Waals surface area contributed by atoms with Crippen LogP contribution >= 0.6 is 0 Å². The van der Waals surface area contributed by atoms with Gasteiger partial charge < -0.3 is 33.7 Å². The van der Waals surface area contributed by atoms with Crippen LogP contribution in [0.2, 0.25) is 0 Å². The lowest BCUT2D eigenvalue weighted by molar-refractivity contribution is -0.257. The first kappa shape index (κ1) is 27.1. The predicted octanol–water partition coefficient (Wildman–Crippen LogP) is 2.26. The third kappa shape index (κ3) is 4.78. The Kier molecular flexibility index (Phi) is 7.05. The molecule has 3 aliphatic rings. The highest BCUT2D eigenvalue weighted by atomic mass is 16.8. The van der Waals surface area contributed by atoms with Gasteiger partial charge in [0.05, 0.1) is 24.2 Å². The molecular formula is C25H41NO8. The molecule has 0 aromatic carbocycles. The van der Waals surface area contributed by atoms with Gasteiger partial charge in [0.25, 0.3) is 5.91 Å². The highest BCUT2D eigenvalue weighted by Crippen LogP contribution is 2.54. The van der Waals surface area contributed by atoms with Crippen LogP contribution in [-0.4, -0.2) is 84.2 Å². The van der Waals surface area contributed by atoms with Gasteiger partial charge in [-0.1, -0.05) is 6.08 Å². The zero-order valence-electron chi connectivity index (χ0n) is 21.9. The number of carbonyl (C=O) groups excluding carboxylic acids is 2. The summed E-state index contributed by atoms with van der Waals surface area (Å²) in [4.78, 5) is 27.8. The number of ether oxygens (including phenoxy) is 5. The van der Waals surface area contributed by atoms with Crippen molar-refractivity contribution in [2.24, 2.45) is 17.3 Å². The Labute approximate surface area is 202 Å². The number of fused-ring (bicyclic) bond motifs is 2. The van der Waals surface area contributed by atoms with Gasteiger partial charge >= 0.3 is 5.97 Å². The normalized spacial score (nSPS) is 37.2. The van der Waals surface area contributed by atoms with Crippen molar-refractivity contribution in [1.82, 2.24) is 4.90 Å². The van der Waals surface area contributed by atoms with E-state index in [2.05, 4.69) is 6.58 Å². The molecule has 0 unspecified atom stereocenters. The maximum absolute atomic E-state index is 13.4. The second-order valence-electron chi connectivity index (χ2n) is 11.8. The van der Waals surface area contributed by atoms with Gasteiger partial charge in [0.1, 0.15) is 11.7 Å². The minimum atomic E-state index is -1.22. The number of amides is 1. The third-order valence-corrected chi connectivity index (χ3v) is 6.79. The van der Waals surface area contributed by atoms with E-state index < -0.39 is 70.7 Å². The number of allylic oxidation sites excluding steroid dienone is 1. The van der Waals surface area contributed by atoms with E-state index in [0.29, 0.717) is 6.42 Å². The maximum atomic E-state index is 13.4. The second-order valence-corrected chi connectivity index (χ2v) is 11.8. The summed E-state index contributed by atoms with van der Waals surface area (Å²) in [5.74, 6) is -4.15. The number of hydrogen-bond acceptors (Lipinski definition) is 8. The second kappa shape index (κ2) is 8.85. The molecule has 7 atom stereocenters. The largest absolute Gasteiger partial charge is 0.451 e. The quantitative estimate of drug-likeness (QED) is 0.469. The summed E-state index contributed by atoms with van der Waals surface area (Å²) in [6.45, 7) is 16.2. The summed E-state index contributed by atoms with van der Waals surface area (Å²) in [5, 5.41) is 11.8. The van der Waals surface area contributed by atoms with Crippen molar-refractivity contribution in [3.8, 4) is 0 Å². The summed E-state index contributed by atoms with van der Waals surface area (Å²) in [7, 11) is 3.21. The van der Waals surface area contributed by atoms with Gasteiger partial charge in [-0.25, -0.2) is 0 Å². The molecular weight excluding hydrogens is 442 g/mol. The fourth-order valence-electron chi connectivity index (χ4n) is 5.24. The smallest absolute Gasteiger partial charge is 0.312 e. The average molecular weight is 484 g/mol. The van der Waals surface area contributed by atoms with Crippen molar-refractivity contribution in [2.45, 2.75) is 96.5 Å². The van der Waals surface area contributed by atoms with Crippen molar-refractivity contribution in [3.05, 3.63) is 12.7 Å². The first-order valence-corrected chi connectivity index (χ1v) is 11.9. The van der Waals surface area contributed by atoms with Crippen LogP contribution in [0.1, 0.15) is 54.9 Å². The van der Waals surface area contributed by atoms with Crippen molar-refractivity contribution >= 4 is 11.9 Å². The van der Waals surface area contributed by atoms with Crippen molar-refractivity contribution in [1.29, 1.82) is 0 Å². The van der Waals surface area contributed by atoms with Crippen LogP contribution in [-0.2, 0) is 33.3 Å². The Bertz CT molecular complexity index is 816. The Morgan fingerprint density at radius 2 is 1.79 bits per heavy atom. The lowest BCUT2D eigenvalue weighted by Crippen LogP contribution is -2.70. The SMILES string of the molecule is C=CC[C@@H]1[C@H]([C@H](OC(=O)C(C)(C)C)C(=O)N(C)C)[C@@H]2OC(C)(C)O[C@@H]2[C@]2(COC(C)(C)O2)[C@@H]1O. The summed E-state index contributed by atoms with van der Waals surface area (Å²) in [6.07, 6.45) is -1.73. The fourth-order valence-corrected chi connectivity index (χ4v) is 5.24. The van der Waals surface area contributed by atoms with Crippen LogP contribution in [0.15, 0.2) is 12.7 Å². The maximum Gasteiger partial charge on any atom is 0.312 e. The van der Waals surface area contributed by atoms with Crippen LogP contribution < -0.4 is 0 Å². The Morgan fingerprint density at radius 3 is 2.26 bits per heavy atom. The van der Waals surface area contributed by atoms with E-state index in [1.807, 2.05) is 0 Å². The molecule has 9 nitrogen and oxygen atoms in total. The van der Waals surface area contributed by atoms with Gasteiger partial charge in [0, 0.05) is 25.9 Å².